The van der Waals surface area contributed by atoms with Gasteiger partial charge in [0, 0.05) is 13.2 Å². The maximum atomic E-state index is 13.7. The monoisotopic (exact) mass is 301 g/mol. The molecule has 112 valence electrons. The number of amides is 1. The number of nitrogens with one attached hydrogen (secondary N) is 1. The highest BCUT2D eigenvalue weighted by Gasteiger charge is 2.17. The molecule has 1 N–H and O–H groups in total. The Morgan fingerprint density at radius 2 is 2.18 bits per heavy atom. The second-order valence-corrected chi connectivity index (χ2v) is 4.59. The molecule has 0 bridgehead atoms. The van der Waals surface area contributed by atoms with Crippen LogP contribution in [-0.4, -0.2) is 48.3 Å². The number of nitrogens with zero attached hydrogens (tertiary/aromatic N) is 6. The largest absolute Gasteiger partial charge is 0.333 e. The van der Waals surface area contributed by atoms with Crippen molar-refractivity contribution >= 4 is 5.91 Å². The number of H-pyrrole nitrogens is 1. The van der Waals surface area contributed by atoms with Gasteiger partial charge in [-0.15, -0.1) is 10.2 Å². The van der Waals surface area contributed by atoms with Crippen LogP contribution in [0.5, 0.6) is 0 Å². The van der Waals surface area contributed by atoms with Crippen molar-refractivity contribution in [3.63, 3.8) is 0 Å². The Labute approximate surface area is 124 Å². The van der Waals surface area contributed by atoms with Crippen LogP contribution in [-0.2, 0) is 6.54 Å². The third-order valence-electron chi connectivity index (χ3n) is 3.02. The summed E-state index contributed by atoms with van der Waals surface area (Å²) in [7, 11) is 1.60. The Bertz CT molecular complexity index is 783. The highest BCUT2D eigenvalue weighted by molar-refractivity contribution is 5.92. The van der Waals surface area contributed by atoms with Crippen LogP contribution in [0.4, 0.5) is 4.39 Å². The van der Waals surface area contributed by atoms with Crippen LogP contribution < -0.4 is 0 Å². The van der Waals surface area contributed by atoms with Crippen LogP contribution in [0.15, 0.2) is 36.5 Å². The lowest BCUT2D eigenvalue weighted by molar-refractivity contribution is 0.0775. The molecule has 2 heterocycles. The minimum absolute atomic E-state index is 0.196. The number of benzene rings is 1. The maximum absolute atomic E-state index is 13.7. The van der Waals surface area contributed by atoms with Gasteiger partial charge < -0.3 is 4.90 Å². The molecule has 0 atom stereocenters. The summed E-state index contributed by atoms with van der Waals surface area (Å²) in [5.74, 6) is -0.339. The molecule has 0 aliphatic rings. The lowest BCUT2D eigenvalue weighted by atomic mass is 10.3. The molecule has 0 saturated heterocycles. The normalized spacial score (nSPS) is 10.6. The highest BCUT2D eigenvalue weighted by Crippen LogP contribution is 2.13. The summed E-state index contributed by atoms with van der Waals surface area (Å²) in [6, 6.07) is 7.74. The fourth-order valence-corrected chi connectivity index (χ4v) is 1.94. The number of para-hydroxylation sites is 1. The van der Waals surface area contributed by atoms with Gasteiger partial charge in [0.1, 0.15) is 11.5 Å². The Morgan fingerprint density at radius 3 is 2.91 bits per heavy atom. The van der Waals surface area contributed by atoms with Gasteiger partial charge in [0.05, 0.1) is 6.54 Å². The van der Waals surface area contributed by atoms with E-state index in [4.69, 9.17) is 0 Å². The van der Waals surface area contributed by atoms with Crippen molar-refractivity contribution in [2.24, 2.45) is 0 Å². The minimum atomic E-state index is -0.412. The van der Waals surface area contributed by atoms with Crippen molar-refractivity contribution in [2.75, 3.05) is 7.05 Å². The standard InChI is InChI=1S/C13H12FN7O/c1-20(8-12-15-18-19-16-12)13(22)10-6-7-21(17-10)11-5-3-2-4-9(11)14/h2-7H,8H2,1H3,(H,15,16,18,19). The van der Waals surface area contributed by atoms with E-state index in [2.05, 4.69) is 25.7 Å². The van der Waals surface area contributed by atoms with E-state index in [0.29, 0.717) is 5.82 Å². The predicted molar refractivity (Wildman–Crippen MR) is 73.5 cm³/mol. The summed E-state index contributed by atoms with van der Waals surface area (Å²) in [6.07, 6.45) is 1.54. The van der Waals surface area contributed by atoms with E-state index >= 15 is 0 Å². The van der Waals surface area contributed by atoms with Gasteiger partial charge in [-0.1, -0.05) is 17.3 Å². The summed E-state index contributed by atoms with van der Waals surface area (Å²) in [6.45, 7) is 0.196. The van der Waals surface area contributed by atoms with E-state index < -0.39 is 5.82 Å². The van der Waals surface area contributed by atoms with Crippen molar-refractivity contribution in [1.82, 2.24) is 35.3 Å². The fourth-order valence-electron chi connectivity index (χ4n) is 1.94. The Kier molecular flexibility index (Phi) is 3.60. The number of carbonyl (C=O) groups excluding carboxylic acids is 1. The number of halogens is 1. The Morgan fingerprint density at radius 1 is 1.36 bits per heavy atom. The second-order valence-electron chi connectivity index (χ2n) is 4.59. The van der Waals surface area contributed by atoms with Gasteiger partial charge in [-0.25, -0.2) is 9.07 Å². The second kappa shape index (κ2) is 5.72. The van der Waals surface area contributed by atoms with E-state index in [1.807, 2.05) is 0 Å². The quantitative estimate of drug-likeness (QED) is 0.769. The summed E-state index contributed by atoms with van der Waals surface area (Å²) >= 11 is 0. The first-order valence-corrected chi connectivity index (χ1v) is 6.43. The van der Waals surface area contributed by atoms with Crippen LogP contribution in [0.1, 0.15) is 16.3 Å². The minimum Gasteiger partial charge on any atom is -0.333 e. The number of tetrazole rings is 1. The molecule has 3 rings (SSSR count). The highest BCUT2D eigenvalue weighted by atomic mass is 19.1. The zero-order valence-corrected chi connectivity index (χ0v) is 11.6. The summed E-state index contributed by atoms with van der Waals surface area (Å²) < 4.78 is 15.0. The van der Waals surface area contributed by atoms with Crippen molar-refractivity contribution in [1.29, 1.82) is 0 Å². The molecule has 0 aliphatic heterocycles. The first-order valence-electron chi connectivity index (χ1n) is 6.43. The smallest absolute Gasteiger partial charge is 0.274 e. The first kappa shape index (κ1) is 13.9. The third-order valence-corrected chi connectivity index (χ3v) is 3.02. The number of hydrogen-bond acceptors (Lipinski definition) is 5. The van der Waals surface area contributed by atoms with E-state index in [9.17, 15) is 9.18 Å². The van der Waals surface area contributed by atoms with Crippen LogP contribution in [0.25, 0.3) is 5.69 Å². The van der Waals surface area contributed by atoms with Gasteiger partial charge in [-0.05, 0) is 18.2 Å². The summed E-state index contributed by atoms with van der Waals surface area (Å²) in [5, 5.41) is 17.4. The SMILES string of the molecule is CN(Cc1nn[nH]n1)C(=O)c1ccn(-c2ccccc2F)n1. The van der Waals surface area contributed by atoms with E-state index in [1.54, 1.807) is 25.2 Å². The molecule has 0 aliphatic carbocycles. The average Bonchev–Trinajstić information content (AvgIpc) is 3.18. The lowest BCUT2D eigenvalue weighted by Crippen LogP contribution is -2.27. The lowest BCUT2D eigenvalue weighted by Gasteiger charge is -2.12. The van der Waals surface area contributed by atoms with Gasteiger partial charge in [0.15, 0.2) is 11.5 Å². The van der Waals surface area contributed by atoms with Gasteiger partial charge in [-0.2, -0.15) is 10.3 Å². The van der Waals surface area contributed by atoms with Gasteiger partial charge in [0.2, 0.25) is 0 Å². The fraction of sp³-hybridized carbons (Fsp3) is 0.154. The molecule has 2 aromatic heterocycles. The molecular formula is C13H12FN7O. The number of aromatic amines is 1. The van der Waals surface area contributed by atoms with Crippen LogP contribution in [0.2, 0.25) is 0 Å². The zero-order valence-electron chi connectivity index (χ0n) is 11.6. The van der Waals surface area contributed by atoms with E-state index in [0.717, 1.165) is 0 Å². The molecule has 8 nitrogen and oxygen atoms in total. The molecule has 9 heteroatoms. The van der Waals surface area contributed by atoms with Crippen molar-refractivity contribution in [3.8, 4) is 5.69 Å². The Balaban J connectivity index is 1.78. The molecule has 0 fully saturated rings. The zero-order chi connectivity index (χ0) is 15.5. The predicted octanol–water partition coefficient (Wildman–Crippen LogP) is 0.797. The van der Waals surface area contributed by atoms with Crippen LogP contribution in [0, 0.1) is 5.82 Å². The van der Waals surface area contributed by atoms with Crippen molar-refractivity contribution in [3.05, 3.63) is 53.9 Å². The molecule has 1 aromatic carbocycles. The Hall–Kier alpha value is -3.10. The van der Waals surface area contributed by atoms with Crippen LogP contribution in [0.3, 0.4) is 0 Å². The molecule has 1 amide bonds. The third kappa shape index (κ3) is 2.68. The van der Waals surface area contributed by atoms with Gasteiger partial charge in [0.25, 0.3) is 5.91 Å². The van der Waals surface area contributed by atoms with Crippen molar-refractivity contribution < 1.29 is 9.18 Å². The number of carbonyl (C=O) groups is 1. The van der Waals surface area contributed by atoms with E-state index in [1.165, 1.54) is 27.9 Å². The molecular weight excluding hydrogens is 289 g/mol. The van der Waals surface area contributed by atoms with E-state index in [-0.39, 0.29) is 23.8 Å². The van der Waals surface area contributed by atoms with Crippen molar-refractivity contribution in [2.45, 2.75) is 6.54 Å². The van der Waals surface area contributed by atoms with Crippen LogP contribution >= 0.6 is 0 Å². The summed E-state index contributed by atoms with van der Waals surface area (Å²) in [5.41, 5.74) is 0.483. The molecule has 0 saturated carbocycles. The average molecular weight is 301 g/mol. The van der Waals surface area contributed by atoms with Gasteiger partial charge in [-0.3, -0.25) is 4.79 Å². The molecule has 0 spiro atoms. The molecule has 0 unspecified atom stereocenters. The number of hydrogen-bond donors (Lipinski definition) is 1. The maximum Gasteiger partial charge on any atom is 0.274 e. The molecule has 22 heavy (non-hydrogen) atoms. The topological polar surface area (TPSA) is 92.6 Å². The number of rotatable bonds is 4. The number of aromatic nitrogens is 6. The molecule has 0 radical (unpaired) electrons. The van der Waals surface area contributed by atoms with Gasteiger partial charge >= 0.3 is 0 Å². The first-order chi connectivity index (χ1) is 10.6. The summed E-state index contributed by atoms with van der Waals surface area (Å²) in [4.78, 5) is 13.7. The molecule has 3 aromatic rings.